The number of rotatable bonds is 0. The summed E-state index contributed by atoms with van der Waals surface area (Å²) < 4.78 is 14.0. The minimum absolute atomic E-state index is 0.991. The van der Waals surface area contributed by atoms with Crippen LogP contribution in [0.4, 0.5) is 0 Å². The lowest BCUT2D eigenvalue weighted by atomic mass is 10.1. The lowest BCUT2D eigenvalue weighted by molar-refractivity contribution is 0.330. The second kappa shape index (κ2) is 5.18. The number of hydrogen-bond donors (Lipinski definition) is 2. The smallest absolute Gasteiger partial charge is 0.511 e. The lowest BCUT2D eigenvalue weighted by Gasteiger charge is -2.09. The highest BCUT2D eigenvalue weighted by molar-refractivity contribution is 6.22. The highest BCUT2D eigenvalue weighted by Crippen LogP contribution is 2.21. The lowest BCUT2D eigenvalue weighted by Crippen LogP contribution is -1.94. The first kappa shape index (κ1) is 10.5. The Morgan fingerprint density at radius 3 is 2.57 bits per heavy atom. The third-order valence-corrected chi connectivity index (χ3v) is 1.60. The molecule has 0 aromatic heterocycles. The van der Waals surface area contributed by atoms with Gasteiger partial charge in [0, 0.05) is 0 Å². The van der Waals surface area contributed by atoms with Gasteiger partial charge in [-0.05, 0) is 24.1 Å². The predicted molar refractivity (Wildman–Crippen MR) is 50.8 cm³/mol. The molecule has 4 nitrogen and oxygen atoms in total. The van der Waals surface area contributed by atoms with Crippen LogP contribution in [-0.2, 0) is 10.9 Å². The van der Waals surface area contributed by atoms with Crippen LogP contribution in [0.15, 0.2) is 36.6 Å². The van der Waals surface area contributed by atoms with Crippen molar-refractivity contribution in [3.8, 4) is 5.75 Å². The molecule has 0 atom stereocenters. The van der Waals surface area contributed by atoms with Gasteiger partial charge in [-0.15, -0.1) is 0 Å². The van der Waals surface area contributed by atoms with Crippen LogP contribution in [-0.4, -0.2) is 18.8 Å². The van der Waals surface area contributed by atoms with Crippen molar-refractivity contribution in [1.82, 2.24) is 0 Å². The predicted octanol–water partition coefficient (Wildman–Crippen LogP) is 0.522. The van der Waals surface area contributed by atoms with E-state index in [1.165, 1.54) is 5.56 Å². The maximum Gasteiger partial charge on any atom is 0.761 e. The molecule has 14 heavy (non-hydrogen) atoms. The summed E-state index contributed by atoms with van der Waals surface area (Å²) in [7, 11) is -3.13. The van der Waals surface area contributed by atoms with Crippen LogP contribution in [0.25, 0.3) is 0 Å². The minimum Gasteiger partial charge on any atom is -0.511 e. The summed E-state index contributed by atoms with van der Waals surface area (Å²) in [5, 5.41) is 0. The van der Waals surface area contributed by atoms with Crippen molar-refractivity contribution in [2.24, 2.45) is 0 Å². The first-order valence-corrected chi connectivity index (χ1v) is 5.32. The third-order valence-electron chi connectivity index (χ3n) is 1.60. The molecule has 0 amide bonds. The van der Waals surface area contributed by atoms with Gasteiger partial charge in [-0.25, -0.2) is 0 Å². The normalized spacial score (nSPS) is 11.7. The zero-order chi connectivity index (χ0) is 10.4. The van der Waals surface area contributed by atoms with Crippen LogP contribution in [0.3, 0.4) is 0 Å². The van der Waals surface area contributed by atoms with Crippen LogP contribution in [0.1, 0.15) is 5.56 Å². The summed E-state index contributed by atoms with van der Waals surface area (Å²) in [5.74, 6) is 0.991. The topological polar surface area (TPSA) is 66.8 Å². The van der Waals surface area contributed by atoms with E-state index in [0.717, 1.165) is 12.2 Å². The highest BCUT2D eigenvalue weighted by Gasteiger charge is 2.02. The molecule has 1 aromatic rings. The third kappa shape index (κ3) is 3.40. The van der Waals surface area contributed by atoms with Crippen molar-refractivity contribution < 1.29 is 18.8 Å². The van der Waals surface area contributed by atoms with Crippen LogP contribution < -0.4 is 4.74 Å². The molecule has 1 aromatic carbocycles. The largest absolute Gasteiger partial charge is 0.761 e. The van der Waals surface area contributed by atoms with E-state index in [9.17, 15) is 0 Å². The second-order valence-electron chi connectivity index (χ2n) is 2.58. The molecule has 2 N–H and O–H groups in total. The highest BCUT2D eigenvalue weighted by atomic mass is 28.3. The molecule has 0 aliphatic carbocycles. The van der Waals surface area contributed by atoms with Gasteiger partial charge in [-0.1, -0.05) is 18.2 Å². The van der Waals surface area contributed by atoms with Gasteiger partial charge in [0.2, 0.25) is 0 Å². The quantitative estimate of drug-likeness (QED) is 0.613. The van der Waals surface area contributed by atoms with Crippen LogP contribution in [0.2, 0.25) is 0 Å². The second-order valence-corrected chi connectivity index (χ2v) is 3.15. The molecule has 0 saturated heterocycles. The van der Waals surface area contributed by atoms with Gasteiger partial charge in [0.15, 0.2) is 0 Å². The molecule has 5 heteroatoms. The van der Waals surface area contributed by atoms with E-state index in [1.807, 2.05) is 24.3 Å². The fraction of sp³-hybridized carbons (Fsp3) is 0.111. The Morgan fingerprint density at radius 2 is 1.93 bits per heavy atom. The number of allylic oxidation sites excluding steroid dienone is 1. The number of ether oxygens (including phenoxy) is 1. The molecule has 0 spiro atoms. The van der Waals surface area contributed by atoms with Crippen molar-refractivity contribution >= 4 is 9.17 Å². The molecule has 1 aliphatic rings. The van der Waals surface area contributed by atoms with E-state index in [1.54, 1.807) is 6.26 Å². The van der Waals surface area contributed by atoms with Gasteiger partial charge in [-0.2, -0.15) is 0 Å². The average molecular weight is 210 g/mol. The Kier molecular flexibility index (Phi) is 3.87. The van der Waals surface area contributed by atoms with E-state index in [0.29, 0.717) is 0 Å². The monoisotopic (exact) mass is 210 g/mol. The molecule has 0 saturated carbocycles. The van der Waals surface area contributed by atoms with Crippen molar-refractivity contribution in [3.05, 3.63) is 42.2 Å². The molecule has 74 valence electrons. The van der Waals surface area contributed by atoms with Crippen LogP contribution in [0, 0.1) is 0 Å². The summed E-state index contributed by atoms with van der Waals surface area (Å²) in [6.45, 7) is 0. The minimum atomic E-state index is -3.13. The SMILES string of the molecule is C1=COc2ccccc2C1.O=[Si](O)O. The Hall–Kier alpha value is -1.62. The van der Waals surface area contributed by atoms with E-state index in [4.69, 9.17) is 18.8 Å². The number of hydrogen-bond acceptors (Lipinski definition) is 2. The fourth-order valence-electron chi connectivity index (χ4n) is 1.08. The molecule has 0 bridgehead atoms. The molecule has 0 radical (unpaired) electrons. The van der Waals surface area contributed by atoms with Gasteiger partial charge in [0.25, 0.3) is 0 Å². The summed E-state index contributed by atoms with van der Waals surface area (Å²) in [6, 6.07) is 8.08. The van der Waals surface area contributed by atoms with Gasteiger partial charge >= 0.3 is 9.17 Å². The van der Waals surface area contributed by atoms with Crippen molar-refractivity contribution in [1.29, 1.82) is 0 Å². The molecular weight excluding hydrogens is 200 g/mol. The van der Waals surface area contributed by atoms with Gasteiger partial charge in [0.1, 0.15) is 5.75 Å². The number of fused-ring (bicyclic) bond motifs is 1. The summed E-state index contributed by atoms with van der Waals surface area (Å²) in [6.07, 6.45) is 4.75. The maximum atomic E-state index is 8.74. The van der Waals surface area contributed by atoms with Gasteiger partial charge in [0.05, 0.1) is 6.26 Å². The maximum absolute atomic E-state index is 8.74. The van der Waals surface area contributed by atoms with Gasteiger partial charge < -0.3 is 14.3 Å². The van der Waals surface area contributed by atoms with Crippen molar-refractivity contribution in [3.63, 3.8) is 0 Å². The zero-order valence-electron chi connectivity index (χ0n) is 7.38. The molecule has 2 rings (SSSR count). The van der Waals surface area contributed by atoms with E-state index in [2.05, 4.69) is 6.07 Å². The Balaban J connectivity index is 0.000000213. The van der Waals surface area contributed by atoms with E-state index >= 15 is 0 Å². The molecule has 1 heterocycles. The van der Waals surface area contributed by atoms with Crippen LogP contribution >= 0.6 is 0 Å². The average Bonchev–Trinajstić information content (AvgIpc) is 2.17. The van der Waals surface area contributed by atoms with E-state index < -0.39 is 9.17 Å². The van der Waals surface area contributed by atoms with Crippen LogP contribution in [0.5, 0.6) is 5.75 Å². The molecule has 0 unspecified atom stereocenters. The Labute approximate surface area is 83.0 Å². The number of para-hydroxylation sites is 1. The fourth-order valence-corrected chi connectivity index (χ4v) is 1.08. The summed E-state index contributed by atoms with van der Waals surface area (Å²) in [5.41, 5.74) is 1.27. The first-order chi connectivity index (χ1) is 6.70. The summed E-state index contributed by atoms with van der Waals surface area (Å²) >= 11 is 0. The Bertz CT molecular complexity index is 317. The molecule has 1 aliphatic heterocycles. The molecule has 0 fully saturated rings. The zero-order valence-corrected chi connectivity index (χ0v) is 8.38. The van der Waals surface area contributed by atoms with Gasteiger partial charge in [-0.3, -0.25) is 4.46 Å². The van der Waals surface area contributed by atoms with E-state index in [-0.39, 0.29) is 0 Å². The summed E-state index contributed by atoms with van der Waals surface area (Å²) in [4.78, 5) is 14.3. The van der Waals surface area contributed by atoms with Crippen molar-refractivity contribution in [2.45, 2.75) is 6.42 Å². The standard InChI is InChI=1S/C9H8O.H2O3Si/c1-2-6-9-8(4-1)5-3-7-10-9;1-4(2)3/h1-4,6-7H,5H2;1-2H. The van der Waals surface area contributed by atoms with Crippen molar-refractivity contribution in [2.75, 3.05) is 0 Å². The Morgan fingerprint density at radius 1 is 1.29 bits per heavy atom. The number of benzene rings is 1. The first-order valence-electron chi connectivity index (χ1n) is 4.01. The molecular formula is C9H10O4Si.